The van der Waals surface area contributed by atoms with Crippen LogP contribution < -0.4 is 5.32 Å². The number of anilines is 1. The van der Waals surface area contributed by atoms with Crippen molar-refractivity contribution in [3.63, 3.8) is 0 Å². The van der Waals surface area contributed by atoms with Crippen molar-refractivity contribution in [2.45, 2.75) is 5.75 Å². The zero-order valence-corrected chi connectivity index (χ0v) is 12.2. The summed E-state index contributed by atoms with van der Waals surface area (Å²) in [5.41, 5.74) is 2.04. The van der Waals surface area contributed by atoms with Gasteiger partial charge in [0.25, 0.3) is 5.91 Å². The van der Waals surface area contributed by atoms with Crippen LogP contribution in [-0.2, 0) is 5.75 Å². The molecule has 1 heterocycles. The molecule has 6 heteroatoms. The molecule has 0 saturated carbocycles. The Morgan fingerprint density at radius 1 is 1.29 bits per heavy atom. The molecule has 2 N–H and O–H groups in total. The molecule has 0 aliphatic heterocycles. The van der Waals surface area contributed by atoms with E-state index in [4.69, 9.17) is 5.11 Å². The first-order chi connectivity index (χ1) is 10.1. The second-order valence-electron chi connectivity index (χ2n) is 4.32. The number of aromatic carboxylic acids is 1. The average Bonchev–Trinajstić information content (AvgIpc) is 2.48. The van der Waals surface area contributed by atoms with Crippen molar-refractivity contribution in [3.05, 3.63) is 59.4 Å². The predicted octanol–water partition coefficient (Wildman–Crippen LogP) is 2.90. The number of hydrogen-bond acceptors (Lipinski definition) is 4. The summed E-state index contributed by atoms with van der Waals surface area (Å²) in [6.07, 6.45) is 3.33. The molecule has 2 aromatic rings. The van der Waals surface area contributed by atoms with Crippen LogP contribution >= 0.6 is 11.8 Å². The van der Waals surface area contributed by atoms with Crippen molar-refractivity contribution in [1.82, 2.24) is 4.98 Å². The van der Waals surface area contributed by atoms with E-state index in [0.717, 1.165) is 11.3 Å². The first-order valence-electron chi connectivity index (χ1n) is 6.18. The van der Waals surface area contributed by atoms with Gasteiger partial charge in [-0.2, -0.15) is 11.8 Å². The number of carboxylic acid groups (broad SMARTS) is 1. The van der Waals surface area contributed by atoms with E-state index in [9.17, 15) is 9.59 Å². The maximum absolute atomic E-state index is 12.1. The molecule has 2 rings (SSSR count). The lowest BCUT2D eigenvalue weighted by Gasteiger charge is -2.06. The maximum atomic E-state index is 12.1. The van der Waals surface area contributed by atoms with E-state index in [1.165, 1.54) is 18.3 Å². The van der Waals surface area contributed by atoms with Gasteiger partial charge in [-0.05, 0) is 36.1 Å². The lowest BCUT2D eigenvalue weighted by Crippen LogP contribution is -2.12. The van der Waals surface area contributed by atoms with E-state index >= 15 is 0 Å². The lowest BCUT2D eigenvalue weighted by molar-refractivity contribution is 0.0690. The fourth-order valence-corrected chi connectivity index (χ4v) is 2.28. The van der Waals surface area contributed by atoms with Gasteiger partial charge in [-0.1, -0.05) is 12.1 Å². The van der Waals surface area contributed by atoms with Gasteiger partial charge in [-0.3, -0.25) is 4.79 Å². The number of benzene rings is 1. The highest BCUT2D eigenvalue weighted by molar-refractivity contribution is 7.97. The Hall–Kier alpha value is -2.34. The summed E-state index contributed by atoms with van der Waals surface area (Å²) in [5.74, 6) is -0.504. The van der Waals surface area contributed by atoms with Gasteiger partial charge in [0.1, 0.15) is 5.69 Å². The van der Waals surface area contributed by atoms with Crippen LogP contribution in [0.25, 0.3) is 0 Å². The van der Waals surface area contributed by atoms with Gasteiger partial charge in [-0.25, -0.2) is 9.78 Å². The number of aromatic nitrogens is 1. The zero-order chi connectivity index (χ0) is 15.2. The smallest absolute Gasteiger partial charge is 0.354 e. The van der Waals surface area contributed by atoms with Gasteiger partial charge in [0.05, 0.1) is 11.9 Å². The molecule has 0 aliphatic carbocycles. The summed E-state index contributed by atoms with van der Waals surface area (Å²) in [6.45, 7) is 0. The van der Waals surface area contributed by atoms with Crippen LogP contribution in [-0.4, -0.2) is 28.2 Å². The summed E-state index contributed by atoms with van der Waals surface area (Å²) in [4.78, 5) is 26.6. The molecule has 0 atom stereocenters. The monoisotopic (exact) mass is 302 g/mol. The molecule has 108 valence electrons. The first kappa shape index (κ1) is 15.1. The molecule has 1 aromatic carbocycles. The number of pyridine rings is 1. The Balaban J connectivity index is 2.10. The summed E-state index contributed by atoms with van der Waals surface area (Å²) < 4.78 is 0. The second-order valence-corrected chi connectivity index (χ2v) is 5.19. The average molecular weight is 302 g/mol. The SMILES string of the molecule is CSCc1cccc(C(=O)Nc2ccc(C(=O)O)nc2)c1. The fraction of sp³-hybridized carbons (Fsp3) is 0.133. The number of nitrogens with one attached hydrogen (secondary N) is 1. The summed E-state index contributed by atoms with van der Waals surface area (Å²) in [7, 11) is 0. The number of carbonyl (C=O) groups excluding carboxylic acids is 1. The van der Waals surface area contributed by atoms with Crippen molar-refractivity contribution in [2.75, 3.05) is 11.6 Å². The number of carboxylic acids is 1. The third-order valence-corrected chi connectivity index (χ3v) is 3.36. The standard InChI is InChI=1S/C15H14N2O3S/c1-21-9-10-3-2-4-11(7-10)14(18)17-12-5-6-13(15(19)20)16-8-12/h2-8H,9H2,1H3,(H,17,18)(H,19,20). The maximum Gasteiger partial charge on any atom is 0.354 e. The van der Waals surface area contributed by atoms with E-state index in [1.807, 2.05) is 24.5 Å². The number of nitrogens with zero attached hydrogens (tertiary/aromatic N) is 1. The minimum absolute atomic E-state index is 0.0602. The Morgan fingerprint density at radius 3 is 2.71 bits per heavy atom. The van der Waals surface area contributed by atoms with Gasteiger partial charge in [0.2, 0.25) is 0 Å². The predicted molar refractivity (Wildman–Crippen MR) is 82.8 cm³/mol. The zero-order valence-electron chi connectivity index (χ0n) is 11.4. The molecule has 0 saturated heterocycles. The number of hydrogen-bond donors (Lipinski definition) is 2. The van der Waals surface area contributed by atoms with Gasteiger partial charge >= 0.3 is 5.97 Å². The number of rotatable bonds is 5. The van der Waals surface area contributed by atoms with Gasteiger partial charge < -0.3 is 10.4 Å². The highest BCUT2D eigenvalue weighted by atomic mass is 32.2. The molecule has 0 bridgehead atoms. The Kier molecular flexibility index (Phi) is 4.94. The quantitative estimate of drug-likeness (QED) is 0.887. The molecule has 5 nitrogen and oxygen atoms in total. The Morgan fingerprint density at radius 2 is 2.10 bits per heavy atom. The minimum atomic E-state index is -1.10. The molecule has 0 spiro atoms. The van der Waals surface area contributed by atoms with Crippen molar-refractivity contribution in [1.29, 1.82) is 0 Å². The molecule has 0 fully saturated rings. The third-order valence-electron chi connectivity index (χ3n) is 2.74. The van der Waals surface area contributed by atoms with E-state index in [2.05, 4.69) is 10.3 Å². The highest BCUT2D eigenvalue weighted by Gasteiger charge is 2.08. The fourth-order valence-electron chi connectivity index (χ4n) is 1.77. The largest absolute Gasteiger partial charge is 0.477 e. The Labute approximate surface area is 126 Å². The van der Waals surface area contributed by atoms with Gasteiger partial charge in [-0.15, -0.1) is 0 Å². The summed E-state index contributed by atoms with van der Waals surface area (Å²) >= 11 is 1.69. The summed E-state index contributed by atoms with van der Waals surface area (Å²) in [6, 6.07) is 10.2. The molecule has 0 radical (unpaired) electrons. The van der Waals surface area contributed by atoms with Crippen LogP contribution in [0.3, 0.4) is 0 Å². The van der Waals surface area contributed by atoms with Crippen LogP contribution in [0.2, 0.25) is 0 Å². The number of carbonyl (C=O) groups is 2. The van der Waals surface area contributed by atoms with E-state index in [1.54, 1.807) is 17.8 Å². The summed E-state index contributed by atoms with van der Waals surface area (Å²) in [5, 5.41) is 11.5. The second kappa shape index (κ2) is 6.90. The van der Waals surface area contributed by atoms with E-state index in [0.29, 0.717) is 11.3 Å². The van der Waals surface area contributed by atoms with Crippen molar-refractivity contribution in [3.8, 4) is 0 Å². The molecule has 1 aromatic heterocycles. The topological polar surface area (TPSA) is 79.3 Å². The normalized spacial score (nSPS) is 10.1. The van der Waals surface area contributed by atoms with Crippen LogP contribution in [0.4, 0.5) is 5.69 Å². The minimum Gasteiger partial charge on any atom is -0.477 e. The molecular formula is C15H14N2O3S. The molecule has 0 unspecified atom stereocenters. The van der Waals surface area contributed by atoms with Gasteiger partial charge in [0, 0.05) is 11.3 Å². The van der Waals surface area contributed by atoms with Gasteiger partial charge in [0.15, 0.2) is 0 Å². The number of thioether (sulfide) groups is 1. The van der Waals surface area contributed by atoms with Crippen molar-refractivity contribution < 1.29 is 14.7 Å². The Bertz CT molecular complexity index is 656. The van der Waals surface area contributed by atoms with Crippen molar-refractivity contribution >= 4 is 29.3 Å². The first-order valence-corrected chi connectivity index (χ1v) is 7.58. The molecule has 0 aliphatic rings. The van der Waals surface area contributed by atoms with Crippen LogP contribution in [0.15, 0.2) is 42.6 Å². The number of amides is 1. The van der Waals surface area contributed by atoms with E-state index < -0.39 is 5.97 Å². The third kappa shape index (κ3) is 4.06. The lowest BCUT2D eigenvalue weighted by atomic mass is 10.1. The highest BCUT2D eigenvalue weighted by Crippen LogP contribution is 2.13. The molecule has 1 amide bonds. The van der Waals surface area contributed by atoms with Crippen LogP contribution in [0, 0.1) is 0 Å². The molecule has 21 heavy (non-hydrogen) atoms. The molecular weight excluding hydrogens is 288 g/mol. The van der Waals surface area contributed by atoms with Crippen LogP contribution in [0.5, 0.6) is 0 Å². The van der Waals surface area contributed by atoms with Crippen LogP contribution in [0.1, 0.15) is 26.4 Å². The van der Waals surface area contributed by atoms with E-state index in [-0.39, 0.29) is 11.6 Å². The van der Waals surface area contributed by atoms with Crippen molar-refractivity contribution in [2.24, 2.45) is 0 Å².